The molecule has 88 valence electrons. The number of amides is 1. The molecule has 0 aliphatic carbocycles. The van der Waals surface area contributed by atoms with Crippen LogP contribution in [0.5, 0.6) is 0 Å². The maximum absolute atomic E-state index is 11.3. The van der Waals surface area contributed by atoms with Crippen LogP contribution in [0.1, 0.15) is 21.6 Å². The highest BCUT2D eigenvalue weighted by Crippen LogP contribution is 2.00. The molecule has 0 spiro atoms. The summed E-state index contributed by atoms with van der Waals surface area (Å²) in [7, 11) is 1.58. The summed E-state index contributed by atoms with van der Waals surface area (Å²) in [6.07, 6.45) is 1.60. The summed E-state index contributed by atoms with van der Waals surface area (Å²) < 4.78 is 0. The number of hydrogen-bond donors (Lipinski definition) is 1. The number of nitrogens with one attached hydrogen (secondary N) is 1. The first-order valence-corrected chi connectivity index (χ1v) is 5.55. The van der Waals surface area contributed by atoms with E-state index in [9.17, 15) is 4.79 Å². The van der Waals surface area contributed by atoms with Crippen LogP contribution in [0.2, 0.25) is 0 Å². The minimum atomic E-state index is -0.197. The van der Waals surface area contributed by atoms with Crippen molar-refractivity contribution in [3.05, 3.63) is 65.5 Å². The van der Waals surface area contributed by atoms with Gasteiger partial charge in [0.25, 0.3) is 5.91 Å². The largest absolute Gasteiger partial charge is 0.354 e. The van der Waals surface area contributed by atoms with Crippen LogP contribution in [0.4, 0.5) is 0 Å². The van der Waals surface area contributed by atoms with Crippen molar-refractivity contribution in [3.63, 3.8) is 0 Å². The van der Waals surface area contributed by atoms with Crippen LogP contribution in [-0.2, 0) is 0 Å². The van der Waals surface area contributed by atoms with Crippen molar-refractivity contribution < 1.29 is 4.79 Å². The molecule has 1 aromatic heterocycles. The first-order chi connectivity index (χ1) is 8.79. The van der Waals surface area contributed by atoms with Gasteiger partial charge in [-0.15, -0.1) is 0 Å². The Kier molecular flexibility index (Phi) is 3.72. The number of nitrogens with zero attached hydrogens (tertiary/aromatic N) is 1. The SMILES string of the molecule is CNC(=O)c1ccc(C#Cc2ccccc2)cn1. The minimum absolute atomic E-state index is 0.197. The molecule has 3 heteroatoms. The highest BCUT2D eigenvalue weighted by molar-refractivity contribution is 5.91. The quantitative estimate of drug-likeness (QED) is 0.768. The van der Waals surface area contributed by atoms with Crippen LogP contribution >= 0.6 is 0 Å². The molecule has 0 fully saturated rings. The van der Waals surface area contributed by atoms with Crippen LogP contribution in [0.25, 0.3) is 0 Å². The molecule has 2 aromatic rings. The highest BCUT2D eigenvalue weighted by atomic mass is 16.1. The Morgan fingerprint density at radius 3 is 2.39 bits per heavy atom. The molecule has 0 aliphatic heterocycles. The van der Waals surface area contributed by atoms with E-state index in [0.717, 1.165) is 11.1 Å². The molecule has 1 N–H and O–H groups in total. The number of pyridine rings is 1. The molecule has 0 aliphatic rings. The lowest BCUT2D eigenvalue weighted by Gasteiger charge is -1.97. The van der Waals surface area contributed by atoms with Gasteiger partial charge in [-0.25, -0.2) is 4.98 Å². The fourth-order valence-corrected chi connectivity index (χ4v) is 1.40. The van der Waals surface area contributed by atoms with Crippen LogP contribution in [0, 0.1) is 11.8 Å². The van der Waals surface area contributed by atoms with Crippen molar-refractivity contribution in [2.45, 2.75) is 0 Å². The lowest BCUT2D eigenvalue weighted by Crippen LogP contribution is -2.18. The number of carbonyl (C=O) groups is 1. The van der Waals surface area contributed by atoms with Gasteiger partial charge in [0, 0.05) is 24.4 Å². The average Bonchev–Trinajstić information content (AvgIpc) is 2.46. The lowest BCUT2D eigenvalue weighted by molar-refractivity contribution is 0.0958. The molecule has 0 saturated carbocycles. The first kappa shape index (κ1) is 11.9. The first-order valence-electron chi connectivity index (χ1n) is 5.55. The van der Waals surface area contributed by atoms with E-state index < -0.39 is 0 Å². The van der Waals surface area contributed by atoms with Gasteiger partial charge in [0.1, 0.15) is 5.69 Å². The molecular formula is C15H12N2O. The third-order valence-corrected chi connectivity index (χ3v) is 2.35. The second-order valence-electron chi connectivity index (χ2n) is 3.63. The number of carbonyl (C=O) groups excluding carboxylic acids is 1. The minimum Gasteiger partial charge on any atom is -0.354 e. The third kappa shape index (κ3) is 2.96. The zero-order valence-corrected chi connectivity index (χ0v) is 9.97. The van der Waals surface area contributed by atoms with Gasteiger partial charge in [0.15, 0.2) is 0 Å². The summed E-state index contributed by atoms with van der Waals surface area (Å²) in [6.45, 7) is 0. The molecule has 1 heterocycles. The van der Waals surface area contributed by atoms with Crippen LogP contribution in [-0.4, -0.2) is 17.9 Å². The van der Waals surface area contributed by atoms with E-state index in [1.54, 1.807) is 25.4 Å². The van der Waals surface area contributed by atoms with Crippen LogP contribution in [0.3, 0.4) is 0 Å². The van der Waals surface area contributed by atoms with Gasteiger partial charge in [-0.05, 0) is 24.3 Å². The Bertz CT molecular complexity index is 592. The van der Waals surface area contributed by atoms with Gasteiger partial charge < -0.3 is 5.32 Å². The zero-order valence-electron chi connectivity index (χ0n) is 9.97. The normalized spacial score (nSPS) is 9.17. The van der Waals surface area contributed by atoms with Crippen molar-refractivity contribution in [1.82, 2.24) is 10.3 Å². The van der Waals surface area contributed by atoms with E-state index in [2.05, 4.69) is 22.1 Å². The molecule has 1 amide bonds. The van der Waals surface area contributed by atoms with Gasteiger partial charge >= 0.3 is 0 Å². The summed E-state index contributed by atoms with van der Waals surface area (Å²) in [6, 6.07) is 13.2. The van der Waals surface area contributed by atoms with Crippen molar-refractivity contribution in [2.75, 3.05) is 7.05 Å². The van der Waals surface area contributed by atoms with Gasteiger partial charge in [-0.1, -0.05) is 30.0 Å². The van der Waals surface area contributed by atoms with Gasteiger partial charge in [0.05, 0.1) is 0 Å². The molecular weight excluding hydrogens is 224 g/mol. The van der Waals surface area contributed by atoms with E-state index in [1.807, 2.05) is 30.3 Å². The van der Waals surface area contributed by atoms with Crippen molar-refractivity contribution in [2.24, 2.45) is 0 Å². The fraction of sp³-hybridized carbons (Fsp3) is 0.0667. The Hall–Kier alpha value is -2.60. The van der Waals surface area contributed by atoms with E-state index >= 15 is 0 Å². The van der Waals surface area contributed by atoms with Crippen molar-refractivity contribution in [3.8, 4) is 11.8 Å². The molecule has 0 saturated heterocycles. The summed E-state index contributed by atoms with van der Waals surface area (Å²) in [4.78, 5) is 15.3. The van der Waals surface area contributed by atoms with Crippen LogP contribution in [0.15, 0.2) is 48.7 Å². The Morgan fingerprint density at radius 1 is 1.06 bits per heavy atom. The van der Waals surface area contributed by atoms with Crippen molar-refractivity contribution >= 4 is 5.91 Å². The number of hydrogen-bond acceptors (Lipinski definition) is 2. The van der Waals surface area contributed by atoms with Gasteiger partial charge in [0.2, 0.25) is 0 Å². The molecule has 18 heavy (non-hydrogen) atoms. The lowest BCUT2D eigenvalue weighted by atomic mass is 10.2. The molecule has 2 rings (SSSR count). The number of aromatic nitrogens is 1. The predicted molar refractivity (Wildman–Crippen MR) is 70.0 cm³/mol. The van der Waals surface area contributed by atoms with E-state index in [0.29, 0.717) is 5.69 Å². The summed E-state index contributed by atoms with van der Waals surface area (Å²) in [5, 5.41) is 2.52. The average molecular weight is 236 g/mol. The van der Waals surface area contributed by atoms with Gasteiger partial charge in [-0.3, -0.25) is 4.79 Å². The molecule has 3 nitrogen and oxygen atoms in total. The maximum Gasteiger partial charge on any atom is 0.269 e. The molecule has 0 bridgehead atoms. The summed E-state index contributed by atoms with van der Waals surface area (Å²) in [5.41, 5.74) is 2.13. The zero-order chi connectivity index (χ0) is 12.8. The predicted octanol–water partition coefficient (Wildman–Crippen LogP) is 1.84. The molecule has 0 atom stereocenters. The third-order valence-electron chi connectivity index (χ3n) is 2.35. The number of rotatable bonds is 1. The Morgan fingerprint density at radius 2 is 1.78 bits per heavy atom. The van der Waals surface area contributed by atoms with E-state index in [4.69, 9.17) is 0 Å². The Balaban J connectivity index is 2.17. The van der Waals surface area contributed by atoms with E-state index in [1.165, 1.54) is 0 Å². The molecule has 1 aromatic carbocycles. The molecule has 0 unspecified atom stereocenters. The standard InChI is InChI=1S/C15H12N2O/c1-16-15(18)14-10-9-13(11-17-14)8-7-12-5-3-2-4-6-12/h2-6,9-11H,1H3,(H,16,18). The monoisotopic (exact) mass is 236 g/mol. The second-order valence-corrected chi connectivity index (χ2v) is 3.63. The molecule has 0 radical (unpaired) electrons. The fourth-order valence-electron chi connectivity index (χ4n) is 1.40. The van der Waals surface area contributed by atoms with Crippen molar-refractivity contribution in [1.29, 1.82) is 0 Å². The smallest absolute Gasteiger partial charge is 0.269 e. The van der Waals surface area contributed by atoms with Gasteiger partial charge in [-0.2, -0.15) is 0 Å². The maximum atomic E-state index is 11.3. The number of benzene rings is 1. The van der Waals surface area contributed by atoms with E-state index in [-0.39, 0.29) is 5.91 Å². The Labute approximate surface area is 106 Å². The van der Waals surface area contributed by atoms with Crippen LogP contribution < -0.4 is 5.32 Å². The summed E-state index contributed by atoms with van der Waals surface area (Å²) in [5.74, 6) is 5.84. The second kappa shape index (κ2) is 5.65. The summed E-state index contributed by atoms with van der Waals surface area (Å²) >= 11 is 0. The highest BCUT2D eigenvalue weighted by Gasteiger charge is 2.02. The topological polar surface area (TPSA) is 42.0 Å².